The number of carbonyl (C=O) groups is 16. The molecule has 32 heteroatoms. The number of aliphatic carboxylic acids is 5. The number of fused-ring (bicyclic) bond motifs is 2. The molecule has 502 valence electrons. The Morgan fingerprint density at radius 3 is 1.24 bits per heavy atom. The van der Waals surface area contributed by atoms with Crippen molar-refractivity contribution in [2.24, 2.45) is 0 Å². The second kappa shape index (κ2) is 36.7. The summed E-state index contributed by atoms with van der Waals surface area (Å²) in [6, 6.07) is 19.4. The SMILES string of the molecule is C[C@H](Cc1ccccc1)NC(=O)[C@H](Cc1ccccc1)NC(=O)[C@H](CC(=O)O)NC(=O)[C@H](CC(=O)O)NC(=O)[C@H](CC(=O)O)NC(=O)CNC(=O)CNC(=O)CNC(=O)[C@H](CC(=O)O)NC(=O)[C@H](CC(=O)O)NC(=O)CCC(=O)N1Cc2ccccc2C#Cc2ccccc21. The van der Waals surface area contributed by atoms with Gasteiger partial charge in [-0.05, 0) is 48.2 Å². The molecule has 95 heavy (non-hydrogen) atoms. The maximum absolute atomic E-state index is 13.8. The van der Waals surface area contributed by atoms with E-state index < -0.39 is 202 Å². The van der Waals surface area contributed by atoms with E-state index >= 15 is 0 Å². The molecule has 7 atom stereocenters. The van der Waals surface area contributed by atoms with Crippen molar-refractivity contribution in [1.29, 1.82) is 0 Å². The third-order valence-electron chi connectivity index (χ3n) is 13.8. The predicted octanol–water partition coefficient (Wildman–Crippen LogP) is -2.67. The molecule has 0 unspecified atom stereocenters. The molecule has 0 aliphatic carbocycles. The summed E-state index contributed by atoms with van der Waals surface area (Å²) in [6.45, 7) is -1.12. The van der Waals surface area contributed by atoms with Crippen LogP contribution in [0.1, 0.15) is 79.7 Å². The van der Waals surface area contributed by atoms with Gasteiger partial charge in [0.25, 0.3) is 0 Å². The number of hydrogen-bond donors (Lipinski definition) is 15. The quantitative estimate of drug-likeness (QED) is 0.0207. The number of carboxylic acid groups (broad SMARTS) is 5. The van der Waals surface area contributed by atoms with Crippen LogP contribution in [0.2, 0.25) is 0 Å². The molecule has 5 rings (SSSR count). The number of rotatable bonds is 36. The summed E-state index contributed by atoms with van der Waals surface area (Å²) in [7, 11) is 0. The smallest absolute Gasteiger partial charge is 0.305 e. The van der Waals surface area contributed by atoms with Crippen molar-refractivity contribution < 1.29 is 102 Å². The molecule has 15 N–H and O–H groups in total. The molecule has 32 nitrogen and oxygen atoms in total. The molecule has 1 heterocycles. The highest BCUT2D eigenvalue weighted by molar-refractivity contribution is 6.01. The van der Waals surface area contributed by atoms with Crippen LogP contribution in [0.5, 0.6) is 0 Å². The molecule has 4 aromatic carbocycles. The van der Waals surface area contributed by atoms with Crippen molar-refractivity contribution >= 4 is 101 Å². The van der Waals surface area contributed by atoms with Gasteiger partial charge in [0.15, 0.2) is 0 Å². The average molecular weight is 1320 g/mol. The van der Waals surface area contributed by atoms with Gasteiger partial charge in [0.2, 0.25) is 65.0 Å². The molecule has 1 aliphatic rings. The highest BCUT2D eigenvalue weighted by atomic mass is 16.4. The van der Waals surface area contributed by atoms with E-state index in [1.54, 1.807) is 97.9 Å². The number of benzene rings is 4. The standard InChI is InChI=1S/C63H69N11O21/c1-35(24-36-12-4-2-5-13-36)67-59(91)41(25-37-14-6-3-7-15-37)70-62(94)45(29-56(86)87)73-63(95)46(30-57(88)89)72-61(93)44(28-55(84)85)69-51(78)33-65-49(76)31-64-50(77)32-66-58(90)42(26-53(80)81)71-60(92)43(27-54(82)83)68-48(75)22-23-52(79)74-34-40-18-9-8-16-38(40)20-21-39-17-10-11-19-47(39)74/h2-19,35,41-46H,22-34H2,1H3,(H,64,77)(H,65,76)(H,66,90)(H,67,91)(H,68,75)(H,69,78)(H,70,94)(H,71,92)(H,72,93)(H,73,95)(H,80,81)(H,82,83)(H,84,85)(H,86,87)(H,88,89)/t35-,41+,42+,43+,44+,45+,46+/m1/s1. The second-order valence-electron chi connectivity index (χ2n) is 21.4. The molecular formula is C63H69N11O21. The van der Waals surface area contributed by atoms with Gasteiger partial charge < -0.3 is 83.6 Å². The van der Waals surface area contributed by atoms with Crippen LogP contribution in [-0.4, -0.2) is 182 Å². The van der Waals surface area contributed by atoms with Crippen molar-refractivity contribution in [3.63, 3.8) is 0 Å². The molecule has 0 saturated carbocycles. The third-order valence-corrected chi connectivity index (χ3v) is 13.8. The summed E-state index contributed by atoms with van der Waals surface area (Å²) in [5.41, 5.74) is 3.85. The van der Waals surface area contributed by atoms with Gasteiger partial charge in [-0.25, -0.2) is 0 Å². The van der Waals surface area contributed by atoms with E-state index in [4.69, 9.17) is 0 Å². The number of amides is 11. The molecule has 4 aromatic rings. The number of nitrogens with one attached hydrogen (secondary N) is 10. The Balaban J connectivity index is 1.11. The minimum absolute atomic E-state index is 0.0909. The van der Waals surface area contributed by atoms with Crippen molar-refractivity contribution in [3.05, 3.63) is 137 Å². The Labute approximate surface area is 541 Å². The van der Waals surface area contributed by atoms with E-state index in [1.165, 1.54) is 4.90 Å². The van der Waals surface area contributed by atoms with E-state index in [9.17, 15) is 102 Å². The van der Waals surface area contributed by atoms with Crippen LogP contribution >= 0.6 is 0 Å². The maximum atomic E-state index is 13.8. The summed E-state index contributed by atoms with van der Waals surface area (Å²) in [6.07, 6.45) is -6.48. The summed E-state index contributed by atoms with van der Waals surface area (Å²) in [4.78, 5) is 207. The van der Waals surface area contributed by atoms with Crippen LogP contribution < -0.4 is 58.1 Å². The lowest BCUT2D eigenvalue weighted by atomic mass is 10.0. The van der Waals surface area contributed by atoms with Crippen molar-refractivity contribution in [3.8, 4) is 11.8 Å². The predicted molar refractivity (Wildman–Crippen MR) is 329 cm³/mol. The summed E-state index contributed by atoms with van der Waals surface area (Å²) in [5.74, 6) is -14.7. The molecule has 0 radical (unpaired) electrons. The lowest BCUT2D eigenvalue weighted by Crippen LogP contribution is -2.59. The van der Waals surface area contributed by atoms with Gasteiger partial charge in [0, 0.05) is 36.4 Å². The van der Waals surface area contributed by atoms with Gasteiger partial charge in [-0.1, -0.05) is 103 Å². The van der Waals surface area contributed by atoms with E-state index in [0.717, 1.165) is 11.1 Å². The first-order valence-corrected chi connectivity index (χ1v) is 29.2. The minimum atomic E-state index is -2.17. The topological polar surface area (TPSA) is 498 Å². The fourth-order valence-corrected chi connectivity index (χ4v) is 9.28. The normalized spacial score (nSPS) is 13.3. The first-order chi connectivity index (χ1) is 45.1. The number of anilines is 1. The highest BCUT2D eigenvalue weighted by Gasteiger charge is 2.36. The largest absolute Gasteiger partial charge is 0.481 e. The molecule has 0 saturated heterocycles. The zero-order valence-corrected chi connectivity index (χ0v) is 50.8. The van der Waals surface area contributed by atoms with Gasteiger partial charge >= 0.3 is 29.8 Å². The lowest BCUT2D eigenvalue weighted by Gasteiger charge is -2.26. The van der Waals surface area contributed by atoms with E-state index in [0.29, 0.717) is 28.8 Å². The molecule has 1 aliphatic heterocycles. The Morgan fingerprint density at radius 2 is 0.747 bits per heavy atom. The molecular weight excluding hydrogens is 1250 g/mol. The zero-order chi connectivity index (χ0) is 69.7. The van der Waals surface area contributed by atoms with E-state index in [1.807, 2.05) is 44.8 Å². The number of carbonyl (C=O) groups excluding carboxylic acids is 11. The van der Waals surface area contributed by atoms with Gasteiger partial charge in [0.1, 0.15) is 36.3 Å². The average Bonchev–Trinajstić information content (AvgIpc) is 0.823. The second-order valence-corrected chi connectivity index (χ2v) is 21.4. The number of nitrogens with zero attached hydrogens (tertiary/aromatic N) is 1. The van der Waals surface area contributed by atoms with Crippen LogP contribution in [0.4, 0.5) is 5.69 Å². The van der Waals surface area contributed by atoms with Crippen LogP contribution in [0, 0.1) is 11.8 Å². The summed E-state index contributed by atoms with van der Waals surface area (Å²) < 4.78 is 0. The van der Waals surface area contributed by atoms with Crippen LogP contribution in [0.3, 0.4) is 0 Å². The molecule has 0 bridgehead atoms. The summed E-state index contributed by atoms with van der Waals surface area (Å²) >= 11 is 0. The number of carboxylic acids is 5. The molecule has 0 spiro atoms. The van der Waals surface area contributed by atoms with Crippen molar-refractivity contribution in [2.45, 2.75) is 114 Å². The first kappa shape index (κ1) is 73.7. The Bertz CT molecular complexity index is 3610. The van der Waals surface area contributed by atoms with E-state index in [-0.39, 0.29) is 13.0 Å². The Kier molecular flexibility index (Phi) is 28.5. The van der Waals surface area contributed by atoms with Gasteiger partial charge in [-0.3, -0.25) is 76.7 Å². The van der Waals surface area contributed by atoms with Crippen molar-refractivity contribution in [2.75, 3.05) is 24.5 Å². The monoisotopic (exact) mass is 1320 g/mol. The van der Waals surface area contributed by atoms with Gasteiger partial charge in [-0.15, -0.1) is 0 Å². The van der Waals surface area contributed by atoms with Gasteiger partial charge in [-0.2, -0.15) is 0 Å². The summed E-state index contributed by atoms with van der Waals surface area (Å²) in [5, 5.41) is 69.6. The maximum Gasteiger partial charge on any atom is 0.305 e. The third kappa shape index (κ3) is 25.6. The highest BCUT2D eigenvalue weighted by Crippen LogP contribution is 2.26. The molecule has 0 fully saturated rings. The Hall–Kier alpha value is -12.0. The number of para-hydroxylation sites is 1. The Morgan fingerprint density at radius 1 is 0.379 bits per heavy atom. The lowest BCUT2D eigenvalue weighted by molar-refractivity contribution is -0.144. The fraction of sp³-hybridized carbons (Fsp3) is 0.333. The van der Waals surface area contributed by atoms with Crippen LogP contribution in [-0.2, 0) is 96.1 Å². The molecule has 11 amide bonds. The van der Waals surface area contributed by atoms with Crippen LogP contribution in [0.25, 0.3) is 0 Å². The minimum Gasteiger partial charge on any atom is -0.481 e. The van der Waals surface area contributed by atoms with Gasteiger partial charge in [0.05, 0.1) is 64.0 Å². The molecule has 0 aromatic heterocycles. The van der Waals surface area contributed by atoms with Crippen molar-refractivity contribution in [1.82, 2.24) is 53.2 Å². The zero-order valence-electron chi connectivity index (χ0n) is 50.8. The van der Waals surface area contributed by atoms with Crippen LogP contribution in [0.15, 0.2) is 109 Å². The number of hydrogen-bond acceptors (Lipinski definition) is 16. The first-order valence-electron chi connectivity index (χ1n) is 29.2. The fourth-order valence-electron chi connectivity index (χ4n) is 9.28. The van der Waals surface area contributed by atoms with E-state index in [2.05, 4.69) is 38.4 Å².